The minimum atomic E-state index is -4.32. The molecule has 4 nitrogen and oxygen atoms in total. The van der Waals surface area contributed by atoms with E-state index in [0.29, 0.717) is 42.1 Å². The van der Waals surface area contributed by atoms with Gasteiger partial charge < -0.3 is 9.88 Å². The number of aromatic nitrogens is 1. The smallest absolute Gasteiger partial charge is 0.342 e. The van der Waals surface area contributed by atoms with Crippen molar-refractivity contribution in [2.75, 3.05) is 13.1 Å². The summed E-state index contributed by atoms with van der Waals surface area (Å²) in [7, 11) is 0. The van der Waals surface area contributed by atoms with Crippen LogP contribution in [0.4, 0.5) is 13.2 Å². The number of nitrogens with zero attached hydrogens (tertiary/aromatic N) is 1. The molecule has 168 valence electrons. The largest absolute Gasteiger partial charge is 0.416 e. The van der Waals surface area contributed by atoms with E-state index in [0.717, 1.165) is 30.7 Å². The van der Waals surface area contributed by atoms with Crippen molar-refractivity contribution in [1.29, 1.82) is 0 Å². The second-order valence-corrected chi connectivity index (χ2v) is 8.45. The van der Waals surface area contributed by atoms with E-state index in [1.807, 2.05) is 23.1 Å². The van der Waals surface area contributed by atoms with Gasteiger partial charge in [0.05, 0.1) is 12.0 Å². The van der Waals surface area contributed by atoms with E-state index < -0.39 is 11.7 Å². The van der Waals surface area contributed by atoms with Crippen LogP contribution in [0.2, 0.25) is 0 Å². The van der Waals surface area contributed by atoms with Gasteiger partial charge in [-0.2, -0.15) is 13.2 Å². The van der Waals surface area contributed by atoms with Gasteiger partial charge in [0.1, 0.15) is 0 Å². The van der Waals surface area contributed by atoms with E-state index in [2.05, 4.69) is 4.98 Å². The highest BCUT2D eigenvalue weighted by atomic mass is 19.4. The van der Waals surface area contributed by atoms with E-state index in [9.17, 15) is 22.8 Å². The standard InChI is InChI=1S/C25H25F3N2O2/c26-25(27,28)20-6-3-4-18(14-20)9-8-17-10-12-30(13-11-17)23(31)16-21-15-19-5-1-2-7-22(19)24(32)29-21/h1-7,14-15,17H,8-13,16H2,(H,29,32). The van der Waals surface area contributed by atoms with E-state index >= 15 is 0 Å². The first-order valence-electron chi connectivity index (χ1n) is 10.8. The van der Waals surface area contributed by atoms with Crippen molar-refractivity contribution in [2.24, 2.45) is 5.92 Å². The Balaban J connectivity index is 1.29. The summed E-state index contributed by atoms with van der Waals surface area (Å²) in [5, 5.41) is 1.41. The lowest BCUT2D eigenvalue weighted by Gasteiger charge is -2.32. The van der Waals surface area contributed by atoms with Gasteiger partial charge in [0.2, 0.25) is 5.91 Å². The van der Waals surface area contributed by atoms with Crippen molar-refractivity contribution in [2.45, 2.75) is 38.3 Å². The molecule has 2 aromatic carbocycles. The van der Waals surface area contributed by atoms with Crippen LogP contribution in [0.3, 0.4) is 0 Å². The van der Waals surface area contributed by atoms with Gasteiger partial charge in [0.15, 0.2) is 0 Å². The molecule has 1 aliphatic rings. The topological polar surface area (TPSA) is 53.2 Å². The number of alkyl halides is 3. The van der Waals surface area contributed by atoms with Gasteiger partial charge in [-0.25, -0.2) is 0 Å². The predicted molar refractivity (Wildman–Crippen MR) is 117 cm³/mol. The molecule has 0 spiro atoms. The highest BCUT2D eigenvalue weighted by molar-refractivity contribution is 5.84. The highest BCUT2D eigenvalue weighted by Gasteiger charge is 2.30. The zero-order valence-electron chi connectivity index (χ0n) is 17.6. The number of fused-ring (bicyclic) bond motifs is 1. The van der Waals surface area contributed by atoms with Gasteiger partial charge in [-0.05, 0) is 60.7 Å². The Morgan fingerprint density at radius 1 is 1.03 bits per heavy atom. The molecule has 0 saturated carbocycles. The van der Waals surface area contributed by atoms with Crippen LogP contribution >= 0.6 is 0 Å². The molecular formula is C25H25F3N2O2. The lowest BCUT2D eigenvalue weighted by atomic mass is 9.90. The van der Waals surface area contributed by atoms with Crippen LogP contribution in [0, 0.1) is 5.92 Å². The quantitative estimate of drug-likeness (QED) is 0.607. The van der Waals surface area contributed by atoms with E-state index in [1.54, 1.807) is 18.2 Å². The number of rotatable bonds is 5. The SMILES string of the molecule is O=C(Cc1cc2ccccc2c(=O)[nH]1)N1CCC(CCc2cccc(C(F)(F)F)c2)CC1. The summed E-state index contributed by atoms with van der Waals surface area (Å²) in [4.78, 5) is 29.6. The number of aryl methyl sites for hydroxylation is 1. The molecule has 0 aliphatic carbocycles. The minimum absolute atomic E-state index is 0.0211. The van der Waals surface area contributed by atoms with Gasteiger partial charge in [0.25, 0.3) is 5.56 Å². The summed E-state index contributed by atoms with van der Waals surface area (Å²) >= 11 is 0. The molecule has 1 saturated heterocycles. The summed E-state index contributed by atoms with van der Waals surface area (Å²) < 4.78 is 38.6. The number of carbonyl (C=O) groups excluding carboxylic acids is 1. The molecule has 2 heterocycles. The first-order valence-corrected chi connectivity index (χ1v) is 10.8. The van der Waals surface area contributed by atoms with E-state index in [-0.39, 0.29) is 17.9 Å². The first-order chi connectivity index (χ1) is 15.3. The molecule has 0 atom stereocenters. The Bertz CT molecular complexity index is 1160. The van der Waals surface area contributed by atoms with Crippen LogP contribution in [0.1, 0.15) is 36.1 Å². The van der Waals surface area contributed by atoms with Gasteiger partial charge >= 0.3 is 6.18 Å². The van der Waals surface area contributed by atoms with Crippen LogP contribution in [0.25, 0.3) is 10.8 Å². The third-order valence-electron chi connectivity index (χ3n) is 6.21. The number of H-pyrrole nitrogens is 1. The molecule has 4 rings (SSSR count). The number of hydrogen-bond acceptors (Lipinski definition) is 2. The minimum Gasteiger partial charge on any atom is -0.342 e. The maximum absolute atomic E-state index is 12.9. The number of nitrogens with one attached hydrogen (secondary N) is 1. The number of likely N-dealkylation sites (tertiary alicyclic amines) is 1. The number of benzene rings is 2. The maximum Gasteiger partial charge on any atom is 0.416 e. The van der Waals surface area contributed by atoms with Crippen molar-refractivity contribution in [3.05, 3.63) is 81.8 Å². The Labute approximate surface area is 184 Å². The number of amides is 1. The van der Waals surface area contributed by atoms with Crippen molar-refractivity contribution < 1.29 is 18.0 Å². The Hall–Kier alpha value is -3.09. The molecule has 0 unspecified atom stereocenters. The number of piperidine rings is 1. The molecule has 1 aromatic heterocycles. The number of carbonyl (C=O) groups is 1. The normalized spacial score (nSPS) is 15.3. The Kier molecular flexibility index (Phi) is 6.35. The predicted octanol–water partition coefficient (Wildman–Crippen LogP) is 4.96. The van der Waals surface area contributed by atoms with E-state index in [1.165, 1.54) is 12.1 Å². The molecule has 1 N–H and O–H groups in total. The summed E-state index contributed by atoms with van der Waals surface area (Å²) in [6.07, 6.45) is -1.11. The Morgan fingerprint density at radius 2 is 1.78 bits per heavy atom. The van der Waals surface area contributed by atoms with Crippen LogP contribution in [0.15, 0.2) is 59.4 Å². The van der Waals surface area contributed by atoms with Crippen LogP contribution in [-0.2, 0) is 23.8 Å². The third kappa shape index (κ3) is 5.21. The zero-order chi connectivity index (χ0) is 22.7. The number of aromatic amines is 1. The second kappa shape index (κ2) is 9.18. The number of hydrogen-bond donors (Lipinski definition) is 1. The van der Waals surface area contributed by atoms with Crippen molar-refractivity contribution in [3.8, 4) is 0 Å². The van der Waals surface area contributed by atoms with Crippen LogP contribution < -0.4 is 5.56 Å². The van der Waals surface area contributed by atoms with Crippen molar-refractivity contribution in [1.82, 2.24) is 9.88 Å². The Morgan fingerprint density at radius 3 is 2.53 bits per heavy atom. The first kappa shape index (κ1) is 22.1. The van der Waals surface area contributed by atoms with Crippen LogP contribution in [-0.4, -0.2) is 28.9 Å². The molecule has 7 heteroatoms. The summed E-state index contributed by atoms with van der Waals surface area (Å²) in [5.41, 5.74) is 0.491. The second-order valence-electron chi connectivity index (χ2n) is 8.45. The average Bonchev–Trinajstić information content (AvgIpc) is 2.78. The molecule has 1 fully saturated rings. The highest BCUT2D eigenvalue weighted by Crippen LogP contribution is 2.30. The van der Waals surface area contributed by atoms with E-state index in [4.69, 9.17) is 0 Å². The van der Waals surface area contributed by atoms with Crippen molar-refractivity contribution in [3.63, 3.8) is 0 Å². The zero-order valence-corrected chi connectivity index (χ0v) is 17.6. The molecule has 1 amide bonds. The fourth-order valence-electron chi connectivity index (χ4n) is 4.38. The molecular weight excluding hydrogens is 417 g/mol. The molecule has 0 radical (unpaired) electrons. The average molecular weight is 442 g/mol. The fraction of sp³-hybridized carbons (Fsp3) is 0.360. The summed E-state index contributed by atoms with van der Waals surface area (Å²) in [6, 6.07) is 14.6. The number of pyridine rings is 1. The van der Waals surface area contributed by atoms with Gasteiger partial charge in [-0.3, -0.25) is 9.59 Å². The molecule has 3 aromatic rings. The molecule has 0 bridgehead atoms. The van der Waals surface area contributed by atoms with Gasteiger partial charge in [0, 0.05) is 24.2 Å². The molecule has 1 aliphatic heterocycles. The summed E-state index contributed by atoms with van der Waals surface area (Å²) in [5.74, 6) is 0.362. The monoisotopic (exact) mass is 442 g/mol. The van der Waals surface area contributed by atoms with Crippen molar-refractivity contribution >= 4 is 16.7 Å². The summed E-state index contributed by atoms with van der Waals surface area (Å²) in [6.45, 7) is 1.26. The fourth-order valence-corrected chi connectivity index (χ4v) is 4.38. The molecule has 32 heavy (non-hydrogen) atoms. The van der Waals surface area contributed by atoms with Gasteiger partial charge in [-0.1, -0.05) is 36.4 Å². The lowest BCUT2D eigenvalue weighted by Crippen LogP contribution is -2.39. The van der Waals surface area contributed by atoms with Gasteiger partial charge in [-0.15, -0.1) is 0 Å². The lowest BCUT2D eigenvalue weighted by molar-refractivity contribution is -0.137. The number of halogens is 3. The third-order valence-corrected chi connectivity index (χ3v) is 6.21. The van der Waals surface area contributed by atoms with Crippen LogP contribution in [0.5, 0.6) is 0 Å². The maximum atomic E-state index is 12.9.